The van der Waals surface area contributed by atoms with Crippen LogP contribution in [0.1, 0.15) is 0 Å². The number of hydrogen-bond donors (Lipinski definition) is 1. The fourth-order valence-corrected chi connectivity index (χ4v) is 1.21. The molecule has 0 spiro atoms. The van der Waals surface area contributed by atoms with E-state index in [9.17, 15) is 0 Å². The molecule has 1 aliphatic heterocycles. The Morgan fingerprint density at radius 3 is 2.10 bits per heavy atom. The summed E-state index contributed by atoms with van der Waals surface area (Å²) in [6.07, 6.45) is 0. The largest absolute Gasteiger partial charge is 0.246 e. The summed E-state index contributed by atoms with van der Waals surface area (Å²) in [7, 11) is 0. The quantitative estimate of drug-likeness (QED) is 0.509. The fraction of sp³-hybridized carbons (Fsp3) is 0.143. The minimum Gasteiger partial charge on any atom is -0.246 e. The molecular weight excluding hydrogens is 144 g/mol. The molecule has 0 unspecified atom stereocenters. The van der Waals surface area contributed by atoms with E-state index in [0.717, 1.165) is 10.7 Å². The molecule has 0 aromatic heterocycles. The van der Waals surface area contributed by atoms with Crippen LogP contribution in [0.4, 0.5) is 0 Å². The zero-order valence-electron chi connectivity index (χ0n) is 5.23. The lowest BCUT2D eigenvalue weighted by atomic mass is 10.3. The van der Waals surface area contributed by atoms with Crippen LogP contribution in [0.2, 0.25) is 0 Å². The first-order valence-electron chi connectivity index (χ1n) is 3.05. The van der Waals surface area contributed by atoms with E-state index < -0.39 is 0 Å². The van der Waals surface area contributed by atoms with Gasteiger partial charge in [0.25, 0.3) is 0 Å². The van der Waals surface area contributed by atoms with Crippen molar-refractivity contribution < 1.29 is 0 Å². The van der Waals surface area contributed by atoms with Crippen LogP contribution in [0.15, 0.2) is 34.3 Å². The highest BCUT2D eigenvalue weighted by molar-refractivity contribution is 7.80. The van der Waals surface area contributed by atoms with Crippen molar-refractivity contribution >= 4 is 12.6 Å². The Morgan fingerprint density at radius 1 is 1.10 bits per heavy atom. The molecule has 2 rings (SSSR count). The van der Waals surface area contributed by atoms with Gasteiger partial charge in [0.1, 0.15) is 0 Å². The smallest absolute Gasteiger partial charge is 0.185 e. The topological polar surface area (TPSA) is 24.7 Å². The van der Waals surface area contributed by atoms with Crippen molar-refractivity contribution in [2.75, 3.05) is 0 Å². The van der Waals surface area contributed by atoms with Crippen LogP contribution in [0.5, 0.6) is 0 Å². The average Bonchev–Trinajstić information content (AvgIpc) is 2.27. The van der Waals surface area contributed by atoms with Gasteiger partial charge in [-0.25, -0.2) is 9.98 Å². The minimum absolute atomic E-state index is 0.183. The summed E-state index contributed by atoms with van der Waals surface area (Å²) >= 11 is 4.10. The van der Waals surface area contributed by atoms with Crippen LogP contribution in [0.3, 0.4) is 0 Å². The average molecular weight is 150 g/mol. The van der Waals surface area contributed by atoms with E-state index in [2.05, 4.69) is 22.6 Å². The van der Waals surface area contributed by atoms with Gasteiger partial charge < -0.3 is 0 Å². The van der Waals surface area contributed by atoms with Crippen molar-refractivity contribution in [2.45, 2.75) is 5.50 Å². The predicted octanol–water partition coefficient (Wildman–Crippen LogP) is 0.153. The molecule has 0 fully saturated rings. The Bertz CT molecular complexity index is 323. The van der Waals surface area contributed by atoms with Crippen molar-refractivity contribution in [3.8, 4) is 0 Å². The molecule has 0 radical (unpaired) electrons. The van der Waals surface area contributed by atoms with Crippen LogP contribution >= 0.6 is 12.6 Å². The van der Waals surface area contributed by atoms with E-state index in [-0.39, 0.29) is 5.50 Å². The maximum atomic E-state index is 4.15. The van der Waals surface area contributed by atoms with Crippen LogP contribution < -0.4 is 10.7 Å². The second kappa shape index (κ2) is 2.09. The molecule has 10 heavy (non-hydrogen) atoms. The number of para-hydroxylation sites is 2. The molecule has 0 saturated carbocycles. The van der Waals surface area contributed by atoms with E-state index in [1.807, 2.05) is 24.3 Å². The Hall–Kier alpha value is -0.830. The summed E-state index contributed by atoms with van der Waals surface area (Å²) in [4.78, 5) is 8.30. The summed E-state index contributed by atoms with van der Waals surface area (Å²) in [5.74, 6) is 0. The van der Waals surface area contributed by atoms with Crippen molar-refractivity contribution in [3.05, 3.63) is 35.0 Å². The summed E-state index contributed by atoms with van der Waals surface area (Å²) in [6, 6.07) is 7.78. The van der Waals surface area contributed by atoms with Crippen molar-refractivity contribution in [2.24, 2.45) is 9.98 Å². The highest BCUT2D eigenvalue weighted by Gasteiger charge is 2.01. The molecule has 1 aromatic rings. The third kappa shape index (κ3) is 0.827. The Kier molecular flexibility index (Phi) is 1.24. The minimum atomic E-state index is -0.183. The van der Waals surface area contributed by atoms with Gasteiger partial charge in [0.05, 0.1) is 10.7 Å². The zero-order chi connectivity index (χ0) is 6.97. The van der Waals surface area contributed by atoms with Crippen LogP contribution in [-0.4, -0.2) is 5.50 Å². The molecule has 0 amide bonds. The highest BCUT2D eigenvalue weighted by atomic mass is 32.1. The van der Waals surface area contributed by atoms with Crippen LogP contribution in [-0.2, 0) is 0 Å². The molecule has 2 nitrogen and oxygen atoms in total. The molecular formula is C7H6N2S. The number of hydrogen-bond acceptors (Lipinski definition) is 3. The lowest BCUT2D eigenvalue weighted by molar-refractivity contribution is 0.986. The van der Waals surface area contributed by atoms with Crippen LogP contribution in [0.25, 0.3) is 0 Å². The van der Waals surface area contributed by atoms with E-state index in [0.29, 0.717) is 0 Å². The van der Waals surface area contributed by atoms with Gasteiger partial charge >= 0.3 is 0 Å². The van der Waals surface area contributed by atoms with Gasteiger partial charge in [-0.1, -0.05) is 12.1 Å². The molecule has 0 N–H and O–H groups in total. The van der Waals surface area contributed by atoms with Gasteiger partial charge in [-0.15, -0.1) is 12.6 Å². The van der Waals surface area contributed by atoms with Gasteiger partial charge in [0.15, 0.2) is 5.50 Å². The second-order valence-electron chi connectivity index (χ2n) is 2.09. The fourth-order valence-electron chi connectivity index (χ4n) is 0.960. The number of nitrogens with zero attached hydrogens (tertiary/aromatic N) is 2. The third-order valence-electron chi connectivity index (χ3n) is 1.39. The number of fused-ring (bicyclic) bond motifs is 1. The molecule has 0 saturated heterocycles. The first kappa shape index (κ1) is 5.92. The Balaban J connectivity index is 2.83. The lowest BCUT2D eigenvalue weighted by Crippen LogP contribution is -2.19. The zero-order valence-corrected chi connectivity index (χ0v) is 6.12. The van der Waals surface area contributed by atoms with Crippen molar-refractivity contribution in [3.63, 3.8) is 0 Å². The predicted molar refractivity (Wildman–Crippen MR) is 41.5 cm³/mol. The molecule has 0 aliphatic carbocycles. The molecule has 1 aromatic carbocycles. The molecule has 50 valence electrons. The number of rotatable bonds is 0. The summed E-state index contributed by atoms with van der Waals surface area (Å²) in [6.45, 7) is 0. The second-order valence-corrected chi connectivity index (χ2v) is 2.56. The van der Waals surface area contributed by atoms with Crippen molar-refractivity contribution in [1.29, 1.82) is 0 Å². The first-order chi connectivity index (χ1) is 4.86. The van der Waals surface area contributed by atoms with Crippen LogP contribution in [0, 0.1) is 0 Å². The summed E-state index contributed by atoms with van der Waals surface area (Å²) in [5, 5.41) is 1.89. The monoisotopic (exact) mass is 150 g/mol. The SMILES string of the molecule is SC1N=c2ccccc2=N1. The summed E-state index contributed by atoms with van der Waals surface area (Å²) < 4.78 is 0. The Morgan fingerprint density at radius 2 is 1.60 bits per heavy atom. The molecule has 1 heterocycles. The number of benzene rings is 1. The standard InChI is InChI=1S/C7H6N2S/c10-7-8-5-3-1-2-4-6(5)9-7/h1-4,7,10H. The van der Waals surface area contributed by atoms with Gasteiger partial charge in [0.2, 0.25) is 0 Å². The van der Waals surface area contributed by atoms with Gasteiger partial charge in [0, 0.05) is 0 Å². The van der Waals surface area contributed by atoms with E-state index in [1.54, 1.807) is 0 Å². The maximum Gasteiger partial charge on any atom is 0.185 e. The molecule has 0 bridgehead atoms. The Labute approximate surface area is 63.7 Å². The first-order valence-corrected chi connectivity index (χ1v) is 3.57. The number of thiol groups is 1. The van der Waals surface area contributed by atoms with E-state index >= 15 is 0 Å². The lowest BCUT2D eigenvalue weighted by Gasteiger charge is -1.84. The normalized spacial score (nSPS) is 15.7. The summed E-state index contributed by atoms with van der Waals surface area (Å²) in [5.41, 5.74) is -0.183. The molecule has 3 heteroatoms. The van der Waals surface area contributed by atoms with Gasteiger partial charge in [-0.05, 0) is 12.1 Å². The molecule has 1 aliphatic rings. The van der Waals surface area contributed by atoms with Gasteiger partial charge in [-0.3, -0.25) is 0 Å². The van der Waals surface area contributed by atoms with E-state index in [1.165, 1.54) is 0 Å². The highest BCUT2D eigenvalue weighted by Crippen LogP contribution is 1.97. The maximum absolute atomic E-state index is 4.15. The van der Waals surface area contributed by atoms with Crippen molar-refractivity contribution in [1.82, 2.24) is 0 Å². The van der Waals surface area contributed by atoms with Gasteiger partial charge in [-0.2, -0.15) is 0 Å². The van der Waals surface area contributed by atoms with E-state index in [4.69, 9.17) is 0 Å². The third-order valence-corrected chi connectivity index (χ3v) is 1.62. The molecule has 0 atom stereocenters.